The van der Waals surface area contributed by atoms with Crippen molar-refractivity contribution in [1.29, 1.82) is 0 Å². The molecule has 0 saturated carbocycles. The predicted molar refractivity (Wildman–Crippen MR) is 105 cm³/mol. The minimum Gasteiger partial charge on any atom is -0.450 e. The Kier molecular flexibility index (Phi) is 4.66. The quantitative estimate of drug-likeness (QED) is 0.266. The van der Waals surface area contributed by atoms with Crippen LogP contribution >= 0.6 is 0 Å². The molecule has 0 bridgehead atoms. The van der Waals surface area contributed by atoms with Crippen molar-refractivity contribution >= 4 is 18.3 Å². The number of esters is 1. The molecule has 4 aliphatic rings. The normalized spacial score (nSPS) is 36.4. The topological polar surface area (TPSA) is 142 Å². The van der Waals surface area contributed by atoms with E-state index in [9.17, 15) is 28.3 Å². The molecule has 178 valence electrons. The third-order valence-corrected chi connectivity index (χ3v) is 6.67. The van der Waals surface area contributed by atoms with Crippen molar-refractivity contribution in [2.75, 3.05) is 19.8 Å². The highest BCUT2D eigenvalue weighted by Gasteiger charge is 2.95. The van der Waals surface area contributed by atoms with Gasteiger partial charge < -0.3 is 20.3 Å². The molecule has 0 radical (unpaired) electrons. The molecule has 0 aromatic heterocycles. The van der Waals surface area contributed by atoms with Gasteiger partial charge in [-0.05, 0) is 30.7 Å². The Morgan fingerprint density at radius 1 is 1.45 bits per heavy atom. The van der Waals surface area contributed by atoms with Gasteiger partial charge in [-0.1, -0.05) is 4.65 Å². The van der Waals surface area contributed by atoms with Crippen molar-refractivity contribution in [2.24, 2.45) is 15.7 Å². The number of aliphatic hydroxyl groups excluding tert-OH is 1. The van der Waals surface area contributed by atoms with E-state index in [0.717, 1.165) is 6.07 Å². The molecule has 4 heterocycles. The highest BCUT2D eigenvalue weighted by atomic mass is 19.4. The van der Waals surface area contributed by atoms with Gasteiger partial charge in [-0.25, -0.2) is 20.0 Å². The van der Waals surface area contributed by atoms with Crippen molar-refractivity contribution in [1.82, 2.24) is 10.2 Å². The lowest BCUT2D eigenvalue weighted by Gasteiger charge is -2.39. The summed E-state index contributed by atoms with van der Waals surface area (Å²) in [5, 5.41) is 24.4. The molecule has 4 aliphatic heterocycles. The van der Waals surface area contributed by atoms with Gasteiger partial charge in [0.2, 0.25) is 12.4 Å². The first-order valence-electron chi connectivity index (χ1n) is 10.2. The number of aliphatic hydroxyl groups is 1. The summed E-state index contributed by atoms with van der Waals surface area (Å²) in [6, 6.07) is 1.66. The second-order valence-corrected chi connectivity index (χ2v) is 8.42. The zero-order chi connectivity index (χ0) is 23.8. The van der Waals surface area contributed by atoms with Crippen LogP contribution < -0.4 is 15.8 Å². The Balaban J connectivity index is 1.41. The number of benzene rings is 1. The van der Waals surface area contributed by atoms with E-state index in [1.54, 1.807) is 4.90 Å². The molecule has 0 amide bonds. The molecule has 6 unspecified atom stereocenters. The van der Waals surface area contributed by atoms with E-state index in [1.165, 1.54) is 25.4 Å². The lowest BCUT2D eigenvalue weighted by atomic mass is 9.95. The Bertz CT molecular complexity index is 1070. The second kappa shape index (κ2) is 7.03. The molecule has 2 saturated heterocycles. The summed E-state index contributed by atoms with van der Waals surface area (Å²) in [4.78, 5) is 23.0. The van der Waals surface area contributed by atoms with Gasteiger partial charge in [0.05, 0.1) is 25.4 Å². The summed E-state index contributed by atoms with van der Waals surface area (Å²) >= 11 is 0. The predicted octanol–water partition coefficient (Wildman–Crippen LogP) is -0.334. The number of carbonyl (C=O) groups excluding carboxylic acids is 1. The van der Waals surface area contributed by atoms with Gasteiger partial charge >= 0.3 is 12.3 Å². The molecule has 1 aromatic carbocycles. The maximum absolute atomic E-state index is 12.8. The minimum absolute atomic E-state index is 0.0305. The highest BCUT2D eigenvalue weighted by molar-refractivity contribution is 5.90. The minimum atomic E-state index is -4.85. The van der Waals surface area contributed by atoms with E-state index in [0.29, 0.717) is 0 Å². The summed E-state index contributed by atoms with van der Waals surface area (Å²) in [5.74, 6) is -1.09. The van der Waals surface area contributed by atoms with Crippen LogP contribution in [0.25, 0.3) is 0 Å². The first-order chi connectivity index (χ1) is 15.5. The Morgan fingerprint density at radius 3 is 2.88 bits per heavy atom. The van der Waals surface area contributed by atoms with E-state index in [-0.39, 0.29) is 36.9 Å². The number of halogens is 3. The van der Waals surface area contributed by atoms with E-state index < -0.39 is 52.6 Å². The lowest BCUT2D eigenvalue weighted by molar-refractivity contribution is -0.961. The van der Waals surface area contributed by atoms with Gasteiger partial charge in [-0.2, -0.15) is 0 Å². The molecule has 1 spiro atoms. The SMILES string of the molecule is Cc1cc(C(=O)OC2CN3C(N)=NC(CO)C4NCN=C[N+]5(O)C2C435)ccc1OC(F)(F)F. The van der Waals surface area contributed by atoms with Crippen LogP contribution in [0.4, 0.5) is 13.2 Å². The van der Waals surface area contributed by atoms with Crippen LogP contribution in [0.2, 0.25) is 0 Å². The van der Waals surface area contributed by atoms with Crippen LogP contribution in [-0.4, -0.2) is 94.2 Å². The number of aryl methyl sites for hydroxylation is 1. The van der Waals surface area contributed by atoms with Gasteiger partial charge in [-0.15, -0.1) is 13.2 Å². The number of nitrogens with one attached hydrogen (secondary N) is 1. The number of quaternary nitrogens is 1. The lowest BCUT2D eigenvalue weighted by Crippen LogP contribution is -2.67. The van der Waals surface area contributed by atoms with Crippen molar-refractivity contribution in [3.63, 3.8) is 0 Å². The molecule has 5 rings (SSSR count). The zero-order valence-electron chi connectivity index (χ0n) is 17.4. The van der Waals surface area contributed by atoms with Crippen LogP contribution in [0.15, 0.2) is 28.2 Å². The third kappa shape index (κ3) is 3.01. The first-order valence-corrected chi connectivity index (χ1v) is 10.2. The van der Waals surface area contributed by atoms with Gasteiger partial charge in [0, 0.05) is 0 Å². The first kappa shape index (κ1) is 21.9. The summed E-state index contributed by atoms with van der Waals surface area (Å²) in [6.07, 6.45) is -4.32. The fourth-order valence-corrected chi connectivity index (χ4v) is 5.45. The molecule has 6 atom stereocenters. The van der Waals surface area contributed by atoms with E-state index >= 15 is 0 Å². The van der Waals surface area contributed by atoms with Gasteiger partial charge in [0.1, 0.15) is 17.8 Å². The number of hydroxylamine groups is 3. The van der Waals surface area contributed by atoms with Gasteiger partial charge in [0.15, 0.2) is 12.1 Å². The van der Waals surface area contributed by atoms with Crippen molar-refractivity contribution in [2.45, 2.75) is 43.2 Å². The summed E-state index contributed by atoms with van der Waals surface area (Å²) in [5.41, 5.74) is 5.21. The maximum atomic E-state index is 12.8. The molecule has 2 fully saturated rings. The third-order valence-electron chi connectivity index (χ3n) is 6.67. The average Bonchev–Trinajstić information content (AvgIpc) is 3.12. The molecular formula is C19H22F3N6O5+. The number of hydrogen-bond donors (Lipinski definition) is 4. The molecule has 0 aliphatic carbocycles. The van der Waals surface area contributed by atoms with Crippen molar-refractivity contribution < 1.29 is 42.4 Å². The molecule has 1 aromatic rings. The number of fused-ring (bicyclic) bond motifs is 1. The van der Waals surface area contributed by atoms with E-state index in [4.69, 9.17) is 10.5 Å². The van der Waals surface area contributed by atoms with Crippen LogP contribution in [-0.2, 0) is 4.74 Å². The summed E-state index contributed by atoms with van der Waals surface area (Å²) < 4.78 is 46.5. The average molecular weight is 471 g/mol. The summed E-state index contributed by atoms with van der Waals surface area (Å²) in [7, 11) is 0. The number of nitrogens with zero attached hydrogens (tertiary/aromatic N) is 4. The standard InChI is InChI=1S/C19H22F3N6O5/c1-9-4-10(2-3-12(9)33-19(20,21)22)16(30)32-13-5-27-17(23)26-11(6-29)14-18(27)15(13)28(18,31)8-24-7-25-14/h2-4,8,11,13-15,25,29,31H,5-7H2,1H3,(H2,23,26)/q+1. The van der Waals surface area contributed by atoms with Crippen LogP contribution in [0.3, 0.4) is 0 Å². The monoisotopic (exact) mass is 471 g/mol. The number of rotatable bonds is 4. The molecular weight excluding hydrogens is 449 g/mol. The zero-order valence-corrected chi connectivity index (χ0v) is 17.4. The number of carbonyl (C=O) groups is 1. The van der Waals surface area contributed by atoms with Crippen LogP contribution in [0, 0.1) is 6.92 Å². The molecule has 33 heavy (non-hydrogen) atoms. The van der Waals surface area contributed by atoms with E-state index in [2.05, 4.69) is 20.0 Å². The maximum Gasteiger partial charge on any atom is 0.573 e. The number of guanidine groups is 1. The largest absolute Gasteiger partial charge is 0.573 e. The number of ether oxygens (including phenoxy) is 2. The number of hydrogen-bond acceptors (Lipinski definition) is 10. The van der Waals surface area contributed by atoms with Crippen LogP contribution in [0.1, 0.15) is 15.9 Å². The second-order valence-electron chi connectivity index (χ2n) is 8.42. The van der Waals surface area contributed by atoms with Crippen LogP contribution in [0.5, 0.6) is 5.75 Å². The van der Waals surface area contributed by atoms with Crippen molar-refractivity contribution in [3.8, 4) is 5.75 Å². The van der Waals surface area contributed by atoms with Gasteiger partial charge in [-0.3, -0.25) is 10.2 Å². The number of alkyl halides is 3. The van der Waals surface area contributed by atoms with Gasteiger partial charge in [0.25, 0.3) is 5.66 Å². The number of aliphatic imine (C=N–C) groups is 2. The van der Waals surface area contributed by atoms with Crippen molar-refractivity contribution in [3.05, 3.63) is 29.3 Å². The Morgan fingerprint density at radius 2 is 2.21 bits per heavy atom. The summed E-state index contributed by atoms with van der Waals surface area (Å²) in [6.45, 7) is 1.42. The smallest absolute Gasteiger partial charge is 0.450 e. The molecule has 11 nitrogen and oxygen atoms in total. The fourth-order valence-electron chi connectivity index (χ4n) is 5.45. The molecule has 14 heteroatoms. The van der Waals surface area contributed by atoms with E-state index in [1.807, 2.05) is 0 Å². The Labute approximate surface area is 185 Å². The highest BCUT2D eigenvalue weighted by Crippen LogP contribution is 2.61. The number of nitrogens with two attached hydrogens (primary N) is 1. The Hall–Kier alpha value is -2.94. The fraction of sp³-hybridized carbons (Fsp3) is 0.526. The molecule has 5 N–H and O–H groups in total.